The molecule has 0 saturated heterocycles. The number of aliphatic hydroxyl groups excluding tert-OH is 1. The highest BCUT2D eigenvalue weighted by Gasteiger charge is 2.14. The van der Waals surface area contributed by atoms with Crippen molar-refractivity contribution in [2.24, 2.45) is 11.8 Å². The number of rotatable bonds is 8. The van der Waals surface area contributed by atoms with Gasteiger partial charge < -0.3 is 10.4 Å². The summed E-state index contributed by atoms with van der Waals surface area (Å²) < 4.78 is 0. The van der Waals surface area contributed by atoms with Crippen LogP contribution in [0.3, 0.4) is 0 Å². The molecule has 1 unspecified atom stereocenters. The second kappa shape index (κ2) is 8.94. The number of amides is 1. The molecule has 0 aliphatic rings. The van der Waals surface area contributed by atoms with Crippen LogP contribution in [0.4, 0.5) is 0 Å². The molecule has 2 aromatic rings. The fourth-order valence-corrected chi connectivity index (χ4v) is 3.43. The van der Waals surface area contributed by atoms with E-state index in [1.54, 1.807) is 11.3 Å². The Labute approximate surface area is 148 Å². The Morgan fingerprint density at radius 1 is 1.38 bits per heavy atom. The van der Waals surface area contributed by atoms with Gasteiger partial charge in [-0.1, -0.05) is 26.0 Å². The first-order valence-corrected chi connectivity index (χ1v) is 9.29. The van der Waals surface area contributed by atoms with Gasteiger partial charge in [-0.15, -0.1) is 11.3 Å². The van der Waals surface area contributed by atoms with E-state index in [0.717, 1.165) is 29.1 Å². The third-order valence-electron chi connectivity index (χ3n) is 3.93. The summed E-state index contributed by atoms with van der Waals surface area (Å²) in [4.78, 5) is 16.9. The number of nitrogens with zero attached hydrogens (tertiary/aromatic N) is 1. The van der Waals surface area contributed by atoms with Gasteiger partial charge in [-0.2, -0.15) is 0 Å². The molecule has 4 nitrogen and oxygen atoms in total. The second-order valence-electron chi connectivity index (χ2n) is 6.55. The molecule has 2 N–H and O–H groups in total. The van der Waals surface area contributed by atoms with Crippen LogP contribution in [0, 0.1) is 18.8 Å². The molecular weight excluding hydrogens is 320 g/mol. The molecule has 0 aliphatic carbocycles. The van der Waals surface area contributed by atoms with Gasteiger partial charge in [-0.3, -0.25) is 4.79 Å². The van der Waals surface area contributed by atoms with Gasteiger partial charge in [0.2, 0.25) is 0 Å². The van der Waals surface area contributed by atoms with Crippen LogP contribution in [0.25, 0.3) is 11.3 Å². The van der Waals surface area contributed by atoms with E-state index in [9.17, 15) is 9.90 Å². The SMILES string of the molecule is Cc1nc(-c2cccc(C(=O)NCC(CCO)CC(C)C)c2)cs1. The summed E-state index contributed by atoms with van der Waals surface area (Å²) in [6, 6.07) is 7.56. The molecule has 1 amide bonds. The van der Waals surface area contributed by atoms with Crippen molar-refractivity contribution < 1.29 is 9.90 Å². The fourth-order valence-electron chi connectivity index (χ4n) is 2.81. The lowest BCUT2D eigenvalue weighted by Gasteiger charge is -2.18. The minimum Gasteiger partial charge on any atom is -0.396 e. The summed E-state index contributed by atoms with van der Waals surface area (Å²) >= 11 is 1.60. The molecule has 0 bridgehead atoms. The zero-order chi connectivity index (χ0) is 17.5. The number of carbonyl (C=O) groups excluding carboxylic acids is 1. The van der Waals surface area contributed by atoms with Crippen molar-refractivity contribution in [3.63, 3.8) is 0 Å². The monoisotopic (exact) mass is 346 g/mol. The zero-order valence-electron chi connectivity index (χ0n) is 14.6. The van der Waals surface area contributed by atoms with E-state index in [1.165, 1.54) is 0 Å². The highest BCUT2D eigenvalue weighted by atomic mass is 32.1. The van der Waals surface area contributed by atoms with E-state index < -0.39 is 0 Å². The summed E-state index contributed by atoms with van der Waals surface area (Å²) in [6.45, 7) is 7.04. The third kappa shape index (κ3) is 5.42. The normalized spacial score (nSPS) is 12.4. The van der Waals surface area contributed by atoms with Crippen LogP contribution >= 0.6 is 11.3 Å². The third-order valence-corrected chi connectivity index (χ3v) is 4.71. The van der Waals surface area contributed by atoms with Gasteiger partial charge >= 0.3 is 0 Å². The van der Waals surface area contributed by atoms with Gasteiger partial charge in [0, 0.05) is 29.7 Å². The predicted octanol–water partition coefficient (Wildman–Crippen LogP) is 3.89. The van der Waals surface area contributed by atoms with Crippen molar-refractivity contribution in [3.8, 4) is 11.3 Å². The molecule has 2 rings (SSSR count). The maximum atomic E-state index is 12.4. The van der Waals surface area contributed by atoms with Crippen LogP contribution in [0.5, 0.6) is 0 Å². The second-order valence-corrected chi connectivity index (χ2v) is 7.61. The lowest BCUT2D eigenvalue weighted by molar-refractivity contribution is 0.0941. The number of nitrogens with one attached hydrogen (secondary N) is 1. The summed E-state index contributed by atoms with van der Waals surface area (Å²) in [5.41, 5.74) is 2.51. The number of carbonyl (C=O) groups is 1. The molecule has 1 aromatic heterocycles. The van der Waals surface area contributed by atoms with E-state index in [1.807, 2.05) is 36.6 Å². The number of hydrogen-bond acceptors (Lipinski definition) is 4. The maximum absolute atomic E-state index is 12.4. The fraction of sp³-hybridized carbons (Fsp3) is 0.474. The van der Waals surface area contributed by atoms with Crippen molar-refractivity contribution >= 4 is 17.2 Å². The Morgan fingerprint density at radius 2 is 2.17 bits per heavy atom. The summed E-state index contributed by atoms with van der Waals surface area (Å²) in [5, 5.41) is 15.2. The minimum atomic E-state index is -0.0736. The van der Waals surface area contributed by atoms with Crippen LogP contribution < -0.4 is 5.32 Å². The smallest absolute Gasteiger partial charge is 0.251 e. The largest absolute Gasteiger partial charge is 0.396 e. The first-order chi connectivity index (χ1) is 11.5. The standard InChI is InChI=1S/C19H26N2O2S/c1-13(2)9-15(7-8-22)11-20-19(23)17-6-4-5-16(10-17)18-12-24-14(3)21-18/h4-6,10,12-13,15,22H,7-9,11H2,1-3H3,(H,20,23). The topological polar surface area (TPSA) is 62.2 Å². The molecule has 0 radical (unpaired) electrons. The molecule has 0 spiro atoms. The van der Waals surface area contributed by atoms with E-state index in [0.29, 0.717) is 23.9 Å². The Hall–Kier alpha value is -1.72. The minimum absolute atomic E-state index is 0.0736. The van der Waals surface area contributed by atoms with Crippen molar-refractivity contribution in [1.29, 1.82) is 0 Å². The lowest BCUT2D eigenvalue weighted by atomic mass is 9.94. The first kappa shape index (κ1) is 18.6. The predicted molar refractivity (Wildman–Crippen MR) is 99.3 cm³/mol. The van der Waals surface area contributed by atoms with Gasteiger partial charge in [0.25, 0.3) is 5.91 Å². The summed E-state index contributed by atoms with van der Waals surface area (Å²) in [5.74, 6) is 0.786. The average Bonchev–Trinajstić information content (AvgIpc) is 2.99. The number of aryl methyl sites for hydroxylation is 1. The number of benzene rings is 1. The highest BCUT2D eigenvalue weighted by Crippen LogP contribution is 2.22. The maximum Gasteiger partial charge on any atom is 0.251 e. The van der Waals surface area contributed by atoms with Gasteiger partial charge in [0.1, 0.15) is 0 Å². The van der Waals surface area contributed by atoms with Crippen molar-refractivity contribution in [2.45, 2.75) is 33.6 Å². The Bertz CT molecular complexity index is 667. The molecule has 0 fully saturated rings. The number of aliphatic hydroxyl groups is 1. The molecule has 1 atom stereocenters. The Kier molecular flexibility index (Phi) is 6.94. The first-order valence-electron chi connectivity index (χ1n) is 8.41. The van der Waals surface area contributed by atoms with Crippen molar-refractivity contribution in [2.75, 3.05) is 13.2 Å². The Morgan fingerprint density at radius 3 is 2.79 bits per heavy atom. The van der Waals surface area contributed by atoms with Crippen molar-refractivity contribution in [1.82, 2.24) is 10.3 Å². The molecular formula is C19H26N2O2S. The van der Waals surface area contributed by atoms with E-state index in [-0.39, 0.29) is 12.5 Å². The molecule has 5 heteroatoms. The Balaban J connectivity index is 2.01. The molecule has 130 valence electrons. The van der Waals surface area contributed by atoms with Crippen LogP contribution in [0.1, 0.15) is 42.1 Å². The highest BCUT2D eigenvalue weighted by molar-refractivity contribution is 7.09. The molecule has 1 aromatic carbocycles. The van der Waals surface area contributed by atoms with Gasteiger partial charge in [-0.05, 0) is 43.7 Å². The summed E-state index contributed by atoms with van der Waals surface area (Å²) in [7, 11) is 0. The number of hydrogen-bond donors (Lipinski definition) is 2. The lowest BCUT2D eigenvalue weighted by Crippen LogP contribution is -2.30. The van der Waals surface area contributed by atoms with Crippen LogP contribution in [0.2, 0.25) is 0 Å². The number of aromatic nitrogens is 1. The van der Waals surface area contributed by atoms with Crippen molar-refractivity contribution in [3.05, 3.63) is 40.2 Å². The van der Waals surface area contributed by atoms with E-state index >= 15 is 0 Å². The van der Waals surface area contributed by atoms with E-state index in [2.05, 4.69) is 24.1 Å². The average molecular weight is 346 g/mol. The quantitative estimate of drug-likeness (QED) is 0.762. The van der Waals surface area contributed by atoms with Gasteiger partial charge in [0.05, 0.1) is 10.7 Å². The summed E-state index contributed by atoms with van der Waals surface area (Å²) in [6.07, 6.45) is 1.72. The number of thiazole rings is 1. The zero-order valence-corrected chi connectivity index (χ0v) is 15.4. The van der Waals surface area contributed by atoms with Gasteiger partial charge in [-0.25, -0.2) is 4.98 Å². The molecule has 0 aliphatic heterocycles. The molecule has 24 heavy (non-hydrogen) atoms. The van der Waals surface area contributed by atoms with Gasteiger partial charge in [0.15, 0.2) is 0 Å². The molecule has 0 saturated carbocycles. The van der Waals surface area contributed by atoms with Crippen LogP contribution in [0.15, 0.2) is 29.6 Å². The van der Waals surface area contributed by atoms with E-state index in [4.69, 9.17) is 0 Å². The van der Waals surface area contributed by atoms with Crippen LogP contribution in [-0.4, -0.2) is 29.1 Å². The molecule has 1 heterocycles. The van der Waals surface area contributed by atoms with Crippen LogP contribution in [-0.2, 0) is 0 Å².